The summed E-state index contributed by atoms with van der Waals surface area (Å²) in [5, 5.41) is 15.9. The number of anilines is 1. The van der Waals surface area contributed by atoms with Crippen LogP contribution in [0.25, 0.3) is 10.8 Å². The SMILES string of the molecule is COc1ccccc1N(CC(=O)NN=Cc1c(O)ccc2ccccc12)S(=O)(=O)c1ccccc1. The summed E-state index contributed by atoms with van der Waals surface area (Å²) >= 11 is 0. The molecule has 1 amide bonds. The third kappa shape index (κ3) is 5.10. The highest BCUT2D eigenvalue weighted by molar-refractivity contribution is 7.92. The van der Waals surface area contributed by atoms with Crippen molar-refractivity contribution in [2.45, 2.75) is 4.90 Å². The second-order valence-corrected chi connectivity index (χ2v) is 9.37. The van der Waals surface area contributed by atoms with Crippen LogP contribution >= 0.6 is 0 Å². The molecule has 35 heavy (non-hydrogen) atoms. The van der Waals surface area contributed by atoms with Gasteiger partial charge in [0.25, 0.3) is 15.9 Å². The minimum absolute atomic E-state index is 0.00371. The number of hydrogen-bond donors (Lipinski definition) is 2. The molecule has 0 aliphatic rings. The van der Waals surface area contributed by atoms with E-state index >= 15 is 0 Å². The fourth-order valence-corrected chi connectivity index (χ4v) is 5.06. The molecule has 0 aliphatic heterocycles. The van der Waals surface area contributed by atoms with Gasteiger partial charge in [-0.1, -0.05) is 60.7 Å². The number of carbonyl (C=O) groups is 1. The highest BCUT2D eigenvalue weighted by atomic mass is 32.2. The number of carbonyl (C=O) groups excluding carboxylic acids is 1. The van der Waals surface area contributed by atoms with Gasteiger partial charge in [0.15, 0.2) is 0 Å². The van der Waals surface area contributed by atoms with Crippen molar-refractivity contribution in [3.05, 3.63) is 96.6 Å². The number of hydrazone groups is 1. The zero-order valence-corrected chi connectivity index (χ0v) is 19.6. The van der Waals surface area contributed by atoms with Gasteiger partial charge >= 0.3 is 0 Å². The van der Waals surface area contributed by atoms with Crippen LogP contribution in [0.4, 0.5) is 5.69 Å². The summed E-state index contributed by atoms with van der Waals surface area (Å²) in [5.41, 5.74) is 3.00. The van der Waals surface area contributed by atoms with Crippen molar-refractivity contribution in [3.63, 3.8) is 0 Å². The quantitative estimate of drug-likeness (QED) is 0.288. The fourth-order valence-electron chi connectivity index (χ4n) is 3.61. The number of nitrogens with one attached hydrogen (secondary N) is 1. The smallest absolute Gasteiger partial charge is 0.264 e. The van der Waals surface area contributed by atoms with Crippen LogP contribution in [0.5, 0.6) is 11.5 Å². The number of sulfonamides is 1. The molecule has 0 unspecified atom stereocenters. The van der Waals surface area contributed by atoms with Crippen molar-refractivity contribution in [2.24, 2.45) is 5.10 Å². The van der Waals surface area contributed by atoms with Gasteiger partial charge in [0.05, 0.1) is 23.9 Å². The Kier molecular flexibility index (Phi) is 6.98. The van der Waals surface area contributed by atoms with Crippen LogP contribution in [0.15, 0.2) is 101 Å². The van der Waals surface area contributed by atoms with Gasteiger partial charge in [-0.15, -0.1) is 0 Å². The number of phenols is 1. The van der Waals surface area contributed by atoms with E-state index in [9.17, 15) is 18.3 Å². The molecule has 4 rings (SSSR count). The van der Waals surface area contributed by atoms with E-state index in [1.165, 1.54) is 25.5 Å². The van der Waals surface area contributed by atoms with E-state index in [2.05, 4.69) is 10.5 Å². The van der Waals surface area contributed by atoms with Crippen molar-refractivity contribution >= 4 is 38.6 Å². The number of hydrogen-bond acceptors (Lipinski definition) is 6. The van der Waals surface area contributed by atoms with E-state index in [1.54, 1.807) is 54.6 Å². The largest absolute Gasteiger partial charge is 0.507 e. The molecular weight excluding hydrogens is 466 g/mol. The van der Waals surface area contributed by atoms with E-state index in [-0.39, 0.29) is 16.3 Å². The Morgan fingerprint density at radius 2 is 1.66 bits per heavy atom. The summed E-state index contributed by atoms with van der Waals surface area (Å²) in [4.78, 5) is 12.8. The van der Waals surface area contributed by atoms with E-state index in [1.807, 2.05) is 24.3 Å². The van der Waals surface area contributed by atoms with Crippen LogP contribution in [0.3, 0.4) is 0 Å². The minimum atomic E-state index is -4.09. The zero-order valence-electron chi connectivity index (χ0n) is 18.8. The van der Waals surface area contributed by atoms with E-state index in [0.717, 1.165) is 15.1 Å². The number of phenolic OH excluding ortho intramolecular Hbond substituents is 1. The number of amides is 1. The lowest BCUT2D eigenvalue weighted by atomic mass is 10.0. The molecule has 2 N–H and O–H groups in total. The van der Waals surface area contributed by atoms with Gasteiger partial charge in [0.2, 0.25) is 0 Å². The summed E-state index contributed by atoms with van der Waals surface area (Å²) in [7, 11) is -2.67. The van der Waals surface area contributed by atoms with Crippen molar-refractivity contribution in [1.82, 2.24) is 5.43 Å². The van der Waals surface area contributed by atoms with Gasteiger partial charge in [-0.3, -0.25) is 9.10 Å². The molecule has 4 aromatic rings. The lowest BCUT2D eigenvalue weighted by Crippen LogP contribution is -2.39. The Morgan fingerprint density at radius 1 is 0.971 bits per heavy atom. The third-order valence-electron chi connectivity index (χ3n) is 5.30. The maximum absolute atomic E-state index is 13.4. The van der Waals surface area contributed by atoms with E-state index in [0.29, 0.717) is 11.3 Å². The first-order chi connectivity index (χ1) is 16.9. The molecule has 0 spiro atoms. The maximum atomic E-state index is 13.4. The monoisotopic (exact) mass is 489 g/mol. The van der Waals surface area contributed by atoms with Gasteiger partial charge in [-0.05, 0) is 41.1 Å². The zero-order chi connectivity index (χ0) is 24.8. The highest BCUT2D eigenvalue weighted by Gasteiger charge is 2.29. The summed E-state index contributed by atoms with van der Waals surface area (Å²) in [6.45, 7) is -0.545. The number of benzene rings is 4. The first-order valence-electron chi connectivity index (χ1n) is 10.7. The molecule has 0 saturated carbocycles. The molecule has 0 aliphatic carbocycles. The van der Waals surface area contributed by atoms with Crippen molar-refractivity contribution < 1.29 is 23.1 Å². The van der Waals surface area contributed by atoms with Crippen LogP contribution in [0.2, 0.25) is 0 Å². The molecule has 0 fully saturated rings. The molecule has 9 heteroatoms. The maximum Gasteiger partial charge on any atom is 0.264 e. The molecule has 178 valence electrons. The predicted molar refractivity (Wildman–Crippen MR) is 135 cm³/mol. The van der Waals surface area contributed by atoms with Crippen molar-refractivity contribution in [3.8, 4) is 11.5 Å². The number of methoxy groups -OCH3 is 1. The molecule has 0 aromatic heterocycles. The van der Waals surface area contributed by atoms with Crippen molar-refractivity contribution in [1.29, 1.82) is 0 Å². The Hall–Kier alpha value is -4.37. The number of nitrogens with zero attached hydrogens (tertiary/aromatic N) is 2. The summed E-state index contributed by atoms with van der Waals surface area (Å²) in [6, 6.07) is 25.1. The van der Waals surface area contributed by atoms with E-state index in [4.69, 9.17) is 4.74 Å². The second-order valence-electron chi connectivity index (χ2n) is 7.51. The highest BCUT2D eigenvalue weighted by Crippen LogP contribution is 2.32. The standard InChI is InChI=1S/C26H23N3O5S/c1-34-25-14-8-7-13-23(25)29(35(32,33)20-10-3-2-4-11-20)18-26(31)28-27-17-22-21-12-6-5-9-19(21)15-16-24(22)30/h2-17,30H,18H2,1H3,(H,28,31). The number of rotatable bonds is 8. The number of para-hydroxylation sites is 2. The third-order valence-corrected chi connectivity index (χ3v) is 7.08. The molecule has 0 saturated heterocycles. The van der Waals surface area contributed by atoms with Crippen LogP contribution in [-0.2, 0) is 14.8 Å². The molecule has 4 aromatic carbocycles. The normalized spacial score (nSPS) is 11.5. The Labute approximate surface area is 203 Å². The second kappa shape index (κ2) is 10.3. The number of ether oxygens (including phenoxy) is 1. The minimum Gasteiger partial charge on any atom is -0.507 e. The van der Waals surface area contributed by atoms with E-state index < -0.39 is 22.5 Å². The van der Waals surface area contributed by atoms with Gasteiger partial charge in [0.1, 0.15) is 18.0 Å². The summed E-state index contributed by atoms with van der Waals surface area (Å²) in [6.07, 6.45) is 1.33. The van der Waals surface area contributed by atoms with Gasteiger partial charge in [-0.2, -0.15) is 5.10 Å². The Morgan fingerprint density at radius 3 is 2.43 bits per heavy atom. The van der Waals surface area contributed by atoms with Gasteiger partial charge in [-0.25, -0.2) is 13.8 Å². The first kappa shape index (κ1) is 23.8. The molecule has 0 bridgehead atoms. The predicted octanol–water partition coefficient (Wildman–Crippen LogP) is 3.90. The summed E-state index contributed by atoms with van der Waals surface area (Å²) in [5.74, 6) is -0.376. The molecule has 8 nitrogen and oxygen atoms in total. The number of aromatic hydroxyl groups is 1. The lowest BCUT2D eigenvalue weighted by molar-refractivity contribution is -0.119. The van der Waals surface area contributed by atoms with Crippen LogP contribution < -0.4 is 14.5 Å². The topological polar surface area (TPSA) is 108 Å². The fraction of sp³-hybridized carbons (Fsp3) is 0.0769. The van der Waals surface area contributed by atoms with Crippen molar-refractivity contribution in [2.75, 3.05) is 18.0 Å². The molecule has 0 heterocycles. The lowest BCUT2D eigenvalue weighted by Gasteiger charge is -2.25. The van der Waals surface area contributed by atoms with Crippen LogP contribution in [0.1, 0.15) is 5.56 Å². The van der Waals surface area contributed by atoms with Gasteiger partial charge < -0.3 is 9.84 Å². The summed E-state index contributed by atoms with van der Waals surface area (Å²) < 4.78 is 33.2. The number of fused-ring (bicyclic) bond motifs is 1. The average molecular weight is 490 g/mol. The van der Waals surface area contributed by atoms with Crippen LogP contribution in [-0.4, -0.2) is 39.3 Å². The Balaban J connectivity index is 1.62. The van der Waals surface area contributed by atoms with Crippen LogP contribution in [0, 0.1) is 0 Å². The molecular formula is C26H23N3O5S. The molecule has 0 atom stereocenters. The first-order valence-corrected chi connectivity index (χ1v) is 12.1. The molecule has 0 radical (unpaired) electrons. The van der Waals surface area contributed by atoms with Gasteiger partial charge in [0, 0.05) is 5.56 Å². The Bertz CT molecular complexity index is 1490. The average Bonchev–Trinajstić information content (AvgIpc) is 2.89.